The molecule has 3 heteroatoms. The van der Waals surface area contributed by atoms with Crippen LogP contribution in [0, 0.1) is 23.2 Å². The summed E-state index contributed by atoms with van der Waals surface area (Å²) in [5.41, 5.74) is 4.43. The van der Waals surface area contributed by atoms with Crippen LogP contribution in [0.3, 0.4) is 0 Å². The number of fused-ring (bicyclic) bond motifs is 2. The van der Waals surface area contributed by atoms with Crippen LogP contribution in [0.5, 0.6) is 0 Å². The molecule has 28 heavy (non-hydrogen) atoms. The Bertz CT molecular complexity index is 810. The lowest BCUT2D eigenvalue weighted by Crippen LogP contribution is -3.00. The average molecular weight is 510 g/mol. The van der Waals surface area contributed by atoms with E-state index < -0.39 is 0 Å². The third-order valence-electron chi connectivity index (χ3n) is 7.45. The van der Waals surface area contributed by atoms with Crippen molar-refractivity contribution in [3.63, 3.8) is 0 Å². The van der Waals surface area contributed by atoms with Gasteiger partial charge in [0.2, 0.25) is 0 Å². The van der Waals surface area contributed by atoms with Gasteiger partial charge in [0.15, 0.2) is 0 Å². The zero-order chi connectivity index (χ0) is 19.2. The summed E-state index contributed by atoms with van der Waals surface area (Å²) in [6, 6.07) is 17.2. The van der Waals surface area contributed by atoms with Crippen LogP contribution in [-0.2, 0) is 6.54 Å². The highest BCUT2D eigenvalue weighted by Crippen LogP contribution is 2.61. The van der Waals surface area contributed by atoms with E-state index in [0.717, 1.165) is 33.8 Å². The fourth-order valence-electron chi connectivity index (χ4n) is 5.85. The van der Waals surface area contributed by atoms with E-state index in [1.165, 1.54) is 42.5 Å². The van der Waals surface area contributed by atoms with Crippen LogP contribution in [0.4, 0.5) is 0 Å². The van der Waals surface area contributed by atoms with E-state index >= 15 is 0 Å². The van der Waals surface area contributed by atoms with Gasteiger partial charge in [-0.2, -0.15) is 0 Å². The molecule has 3 aliphatic rings. The first-order chi connectivity index (χ1) is 12.7. The molecule has 0 heterocycles. The van der Waals surface area contributed by atoms with Gasteiger partial charge in [0.1, 0.15) is 6.54 Å². The molecular formula is C25H33ClIN. The molecule has 5 rings (SSSR count). The van der Waals surface area contributed by atoms with Crippen molar-refractivity contribution >= 4 is 11.6 Å². The molecule has 0 spiro atoms. The summed E-state index contributed by atoms with van der Waals surface area (Å²) in [4.78, 5) is 0. The standard InChI is InChI=1S/C25H33ClN.HI/c1-25(2)22-13-12-21(24(25)15-22)17-27(3,4)16-18-8-10-19(11-9-18)20-6-5-7-23(26)14-20;/h5-11,14,21-22,24H,12-13,15-17H2,1-4H3;1H/q+1;/p-1/t21-,22-,24-;/m0./s1. The van der Waals surface area contributed by atoms with Crippen LogP contribution < -0.4 is 24.0 Å². The quantitative estimate of drug-likeness (QED) is 0.426. The molecule has 3 aliphatic carbocycles. The fraction of sp³-hybridized carbons (Fsp3) is 0.520. The Balaban J connectivity index is 0.00000225. The van der Waals surface area contributed by atoms with E-state index in [9.17, 15) is 0 Å². The summed E-state index contributed by atoms with van der Waals surface area (Å²) >= 11 is 6.14. The number of rotatable bonds is 5. The lowest BCUT2D eigenvalue weighted by atomic mass is 9.45. The van der Waals surface area contributed by atoms with Crippen molar-refractivity contribution in [3.05, 3.63) is 59.1 Å². The number of hydrogen-bond acceptors (Lipinski definition) is 0. The van der Waals surface area contributed by atoms with Gasteiger partial charge in [-0.1, -0.05) is 61.8 Å². The first kappa shape index (κ1) is 22.1. The monoisotopic (exact) mass is 509 g/mol. The second-order valence-electron chi connectivity index (χ2n) is 10.2. The second-order valence-corrected chi connectivity index (χ2v) is 10.6. The highest BCUT2D eigenvalue weighted by Gasteiger charge is 2.55. The van der Waals surface area contributed by atoms with Crippen LogP contribution in [0.15, 0.2) is 48.5 Å². The third kappa shape index (κ3) is 4.44. The molecular weight excluding hydrogens is 477 g/mol. The third-order valence-corrected chi connectivity index (χ3v) is 7.69. The molecule has 0 amide bonds. The summed E-state index contributed by atoms with van der Waals surface area (Å²) in [7, 11) is 4.81. The van der Waals surface area contributed by atoms with Gasteiger partial charge in [-0.25, -0.2) is 0 Å². The average Bonchev–Trinajstić information content (AvgIpc) is 2.61. The molecule has 3 fully saturated rings. The van der Waals surface area contributed by atoms with Gasteiger partial charge in [0.05, 0.1) is 20.6 Å². The molecule has 2 aromatic rings. The number of benzene rings is 2. The predicted molar refractivity (Wildman–Crippen MR) is 116 cm³/mol. The Hall–Kier alpha value is -0.580. The minimum Gasteiger partial charge on any atom is -1.00 e. The number of nitrogens with zero attached hydrogens (tertiary/aromatic N) is 1. The van der Waals surface area contributed by atoms with E-state index in [1.807, 2.05) is 18.2 Å². The molecule has 0 aromatic heterocycles. The summed E-state index contributed by atoms with van der Waals surface area (Å²) in [6.45, 7) is 7.42. The smallest absolute Gasteiger partial charge is 0.104 e. The normalized spacial score (nSPS) is 25.5. The molecule has 0 unspecified atom stereocenters. The van der Waals surface area contributed by atoms with Gasteiger partial charge >= 0.3 is 0 Å². The van der Waals surface area contributed by atoms with E-state index in [2.05, 4.69) is 58.3 Å². The molecule has 152 valence electrons. The topological polar surface area (TPSA) is 0 Å². The Morgan fingerprint density at radius 1 is 1.00 bits per heavy atom. The zero-order valence-electron chi connectivity index (χ0n) is 17.6. The maximum Gasteiger partial charge on any atom is 0.104 e. The number of hydrogen-bond donors (Lipinski definition) is 0. The van der Waals surface area contributed by atoms with Gasteiger partial charge in [-0.3, -0.25) is 0 Å². The molecule has 0 radical (unpaired) electrons. The second kappa shape index (κ2) is 8.28. The Morgan fingerprint density at radius 3 is 2.32 bits per heavy atom. The van der Waals surface area contributed by atoms with Crippen LogP contribution in [-0.4, -0.2) is 25.1 Å². The minimum absolute atomic E-state index is 0. The van der Waals surface area contributed by atoms with Crippen molar-refractivity contribution in [2.75, 3.05) is 20.6 Å². The highest BCUT2D eigenvalue weighted by molar-refractivity contribution is 6.30. The van der Waals surface area contributed by atoms with Gasteiger partial charge < -0.3 is 28.5 Å². The van der Waals surface area contributed by atoms with Crippen molar-refractivity contribution in [1.82, 2.24) is 0 Å². The SMILES string of the molecule is CC1(C)[C@H]2CC[C@@H](C[N+](C)(C)Cc3ccc(-c4cccc(Cl)c4)cc3)[C@@H]1C2.[I-]. The Kier molecular flexibility index (Phi) is 6.54. The lowest BCUT2D eigenvalue weighted by Gasteiger charge is -2.60. The minimum atomic E-state index is 0. The number of halogens is 2. The first-order valence-corrected chi connectivity index (χ1v) is 10.8. The van der Waals surface area contributed by atoms with Crippen molar-refractivity contribution in [2.45, 2.75) is 39.7 Å². The summed E-state index contributed by atoms with van der Waals surface area (Å²) in [5.74, 6) is 2.83. The van der Waals surface area contributed by atoms with Gasteiger partial charge in [-0.15, -0.1) is 0 Å². The Labute approximate surface area is 193 Å². The molecule has 3 atom stereocenters. The van der Waals surface area contributed by atoms with Gasteiger partial charge in [0.25, 0.3) is 0 Å². The van der Waals surface area contributed by atoms with E-state index in [1.54, 1.807) is 0 Å². The van der Waals surface area contributed by atoms with Crippen molar-refractivity contribution < 1.29 is 28.5 Å². The molecule has 0 saturated heterocycles. The highest BCUT2D eigenvalue weighted by atomic mass is 127. The predicted octanol–water partition coefficient (Wildman–Crippen LogP) is 3.66. The molecule has 1 nitrogen and oxygen atoms in total. The first-order valence-electron chi connectivity index (χ1n) is 10.4. The fourth-order valence-corrected chi connectivity index (χ4v) is 6.04. The molecule has 2 aromatic carbocycles. The van der Waals surface area contributed by atoms with Crippen molar-refractivity contribution in [2.24, 2.45) is 23.2 Å². The molecule has 0 N–H and O–H groups in total. The van der Waals surface area contributed by atoms with Crippen molar-refractivity contribution in [1.29, 1.82) is 0 Å². The van der Waals surface area contributed by atoms with E-state index in [-0.39, 0.29) is 24.0 Å². The van der Waals surface area contributed by atoms with Gasteiger partial charge in [0, 0.05) is 16.5 Å². The van der Waals surface area contributed by atoms with E-state index in [0.29, 0.717) is 5.41 Å². The van der Waals surface area contributed by atoms with E-state index in [4.69, 9.17) is 11.6 Å². The summed E-state index contributed by atoms with van der Waals surface area (Å²) in [6.07, 6.45) is 4.36. The molecule has 3 saturated carbocycles. The molecule has 2 bridgehead atoms. The zero-order valence-corrected chi connectivity index (χ0v) is 20.5. The molecule has 0 aliphatic heterocycles. The lowest BCUT2D eigenvalue weighted by molar-refractivity contribution is -0.908. The largest absolute Gasteiger partial charge is 1.00 e. The number of quaternary nitrogens is 1. The van der Waals surface area contributed by atoms with Gasteiger partial charge in [-0.05, 0) is 59.8 Å². The van der Waals surface area contributed by atoms with Crippen LogP contribution in [0.25, 0.3) is 11.1 Å². The summed E-state index contributed by atoms with van der Waals surface area (Å²) in [5, 5.41) is 0.794. The maximum absolute atomic E-state index is 6.14. The van der Waals surface area contributed by atoms with Crippen molar-refractivity contribution in [3.8, 4) is 11.1 Å². The van der Waals surface area contributed by atoms with Crippen LogP contribution in [0.2, 0.25) is 5.02 Å². The Morgan fingerprint density at radius 2 is 1.71 bits per heavy atom. The van der Waals surface area contributed by atoms with Crippen LogP contribution >= 0.6 is 11.6 Å². The maximum atomic E-state index is 6.14. The summed E-state index contributed by atoms with van der Waals surface area (Å²) < 4.78 is 1.08. The van der Waals surface area contributed by atoms with Crippen LogP contribution in [0.1, 0.15) is 38.7 Å².